The van der Waals surface area contributed by atoms with Crippen molar-refractivity contribution >= 4 is 17.5 Å². The zero-order valence-electron chi connectivity index (χ0n) is 24.8. The van der Waals surface area contributed by atoms with E-state index in [0.29, 0.717) is 0 Å². The predicted octanol–water partition coefficient (Wildman–Crippen LogP) is 5.80. The first kappa shape index (κ1) is 27.6. The minimum Gasteiger partial charge on any atom is -0.379 e. The third-order valence-corrected chi connectivity index (χ3v) is 8.85. The highest BCUT2D eigenvalue weighted by Crippen LogP contribution is 2.41. The predicted molar refractivity (Wildman–Crippen MR) is 169 cm³/mol. The number of anilines is 2. The molecule has 1 atom stereocenters. The summed E-state index contributed by atoms with van der Waals surface area (Å²) in [5.74, 6) is 0.940. The van der Waals surface area contributed by atoms with E-state index < -0.39 is 0 Å². The van der Waals surface area contributed by atoms with E-state index in [2.05, 4.69) is 59.0 Å². The number of nitrogens with zero attached hydrogens (tertiary/aromatic N) is 5. The van der Waals surface area contributed by atoms with Gasteiger partial charge < -0.3 is 20.3 Å². The van der Waals surface area contributed by atoms with Gasteiger partial charge in [-0.05, 0) is 54.7 Å². The van der Waals surface area contributed by atoms with Gasteiger partial charge in [-0.25, -0.2) is 9.78 Å². The van der Waals surface area contributed by atoms with Crippen LogP contribution in [0.15, 0.2) is 67.0 Å². The maximum absolute atomic E-state index is 12.6. The van der Waals surface area contributed by atoms with Crippen LogP contribution in [0.1, 0.15) is 42.5 Å². The molecule has 2 amide bonds. The fraction of sp³-hybridized carbons (Fsp3) is 0.382. The maximum Gasteiger partial charge on any atom is 0.321 e. The van der Waals surface area contributed by atoms with Gasteiger partial charge in [0.15, 0.2) is 0 Å². The molecule has 2 aromatic heterocycles. The van der Waals surface area contributed by atoms with E-state index in [0.717, 1.165) is 106 Å². The number of likely N-dealkylation sites (tertiary alicyclic amines) is 1. The normalized spacial score (nSPS) is 18.4. The van der Waals surface area contributed by atoms with Crippen molar-refractivity contribution in [3.8, 4) is 22.4 Å². The SMILES string of the molecule is CCn1cc(-c2ccnc3c2CC(c2ccc(CN4CCOCC4)cc2)N3)c(-c2ccc(NC(=O)N3CCCC3)cc2)n1. The van der Waals surface area contributed by atoms with E-state index >= 15 is 0 Å². The highest BCUT2D eigenvalue weighted by Gasteiger charge is 2.28. The van der Waals surface area contributed by atoms with Crippen molar-refractivity contribution in [2.75, 3.05) is 50.0 Å². The summed E-state index contributed by atoms with van der Waals surface area (Å²) < 4.78 is 7.49. The van der Waals surface area contributed by atoms with Gasteiger partial charge in [-0.15, -0.1) is 0 Å². The minimum atomic E-state index is -0.0256. The van der Waals surface area contributed by atoms with Crippen molar-refractivity contribution in [3.05, 3.63) is 83.7 Å². The van der Waals surface area contributed by atoms with Crippen molar-refractivity contribution < 1.29 is 9.53 Å². The Morgan fingerprint density at radius 2 is 1.74 bits per heavy atom. The standard InChI is InChI=1S/C34H39N7O2/c1-2-41-23-30(32(38-41)26-9-11-27(12-10-26)36-34(42)40-15-3-4-16-40)28-13-14-35-33-29(28)21-31(37-33)25-7-5-24(6-8-25)22-39-17-19-43-20-18-39/h5-14,23,31H,2-4,15-22H2,1H3,(H,35,37)(H,36,42). The fourth-order valence-corrected chi connectivity index (χ4v) is 6.40. The van der Waals surface area contributed by atoms with Crippen LogP contribution >= 0.6 is 0 Å². The smallest absolute Gasteiger partial charge is 0.321 e. The van der Waals surface area contributed by atoms with Crippen LogP contribution in [0.5, 0.6) is 0 Å². The van der Waals surface area contributed by atoms with Gasteiger partial charge >= 0.3 is 6.03 Å². The van der Waals surface area contributed by atoms with E-state index in [4.69, 9.17) is 14.8 Å². The summed E-state index contributed by atoms with van der Waals surface area (Å²) in [6, 6.07) is 19.3. The number of hydrogen-bond donors (Lipinski definition) is 2. The minimum absolute atomic E-state index is 0.0256. The molecule has 0 saturated carbocycles. The summed E-state index contributed by atoms with van der Waals surface area (Å²) in [6.45, 7) is 9.12. The second-order valence-electron chi connectivity index (χ2n) is 11.7. The lowest BCUT2D eigenvalue weighted by Gasteiger charge is -2.26. The van der Waals surface area contributed by atoms with Crippen molar-refractivity contribution in [1.29, 1.82) is 0 Å². The van der Waals surface area contributed by atoms with E-state index in [1.54, 1.807) is 0 Å². The number of ether oxygens (including phenoxy) is 1. The van der Waals surface area contributed by atoms with Gasteiger partial charge in [0.2, 0.25) is 0 Å². The number of hydrogen-bond acceptors (Lipinski definition) is 6. The van der Waals surface area contributed by atoms with Crippen molar-refractivity contribution in [2.24, 2.45) is 0 Å². The number of carbonyl (C=O) groups is 1. The Morgan fingerprint density at radius 3 is 2.49 bits per heavy atom. The zero-order valence-corrected chi connectivity index (χ0v) is 24.8. The summed E-state index contributed by atoms with van der Waals surface area (Å²) in [6.07, 6.45) is 7.04. The average Bonchev–Trinajstić information content (AvgIpc) is 3.82. The second-order valence-corrected chi connectivity index (χ2v) is 11.7. The maximum atomic E-state index is 12.6. The Balaban J connectivity index is 1.10. The van der Waals surface area contributed by atoms with Gasteiger partial charge in [-0.2, -0.15) is 5.10 Å². The van der Waals surface area contributed by atoms with Crippen LogP contribution in [-0.2, 0) is 24.2 Å². The van der Waals surface area contributed by atoms with Crippen LogP contribution in [0, 0.1) is 0 Å². The molecule has 0 radical (unpaired) electrons. The fourth-order valence-electron chi connectivity index (χ4n) is 6.40. The molecule has 3 aliphatic rings. The largest absolute Gasteiger partial charge is 0.379 e. The summed E-state index contributed by atoms with van der Waals surface area (Å²) >= 11 is 0. The van der Waals surface area contributed by atoms with Gasteiger partial charge in [0.25, 0.3) is 0 Å². The number of nitrogens with one attached hydrogen (secondary N) is 2. The molecule has 9 heteroatoms. The Kier molecular flexibility index (Phi) is 7.82. The van der Waals surface area contributed by atoms with Crippen molar-refractivity contribution in [2.45, 2.75) is 45.3 Å². The molecule has 5 heterocycles. The van der Waals surface area contributed by atoms with Crippen molar-refractivity contribution in [3.63, 3.8) is 0 Å². The van der Waals surface area contributed by atoms with Crippen molar-refractivity contribution in [1.82, 2.24) is 24.6 Å². The third kappa shape index (κ3) is 5.87. The molecule has 222 valence electrons. The molecule has 0 bridgehead atoms. The number of aromatic nitrogens is 3. The van der Waals surface area contributed by atoms with Crippen LogP contribution in [0.3, 0.4) is 0 Å². The number of urea groups is 1. The first-order valence-corrected chi connectivity index (χ1v) is 15.5. The molecule has 43 heavy (non-hydrogen) atoms. The monoisotopic (exact) mass is 577 g/mol. The second kappa shape index (κ2) is 12.2. The number of rotatable bonds is 7. The first-order chi connectivity index (χ1) is 21.1. The van der Waals surface area contributed by atoms with Crippen LogP contribution in [0.25, 0.3) is 22.4 Å². The lowest BCUT2D eigenvalue weighted by molar-refractivity contribution is 0.0342. The number of carbonyl (C=O) groups excluding carboxylic acids is 1. The van der Waals surface area contributed by atoms with Crippen LogP contribution in [0.4, 0.5) is 16.3 Å². The van der Waals surface area contributed by atoms with Gasteiger partial charge in [-0.1, -0.05) is 36.4 Å². The molecule has 4 aromatic rings. The highest BCUT2D eigenvalue weighted by atomic mass is 16.5. The van der Waals surface area contributed by atoms with E-state index in [1.807, 2.05) is 40.0 Å². The Morgan fingerprint density at radius 1 is 0.977 bits per heavy atom. The van der Waals surface area contributed by atoms with Gasteiger partial charge in [0.05, 0.1) is 19.3 Å². The summed E-state index contributed by atoms with van der Waals surface area (Å²) in [7, 11) is 0. The first-order valence-electron chi connectivity index (χ1n) is 15.5. The molecular formula is C34H39N7O2. The molecule has 2 saturated heterocycles. The lowest BCUT2D eigenvalue weighted by atomic mass is 9.95. The Hall–Kier alpha value is -4.21. The number of benzene rings is 2. The highest BCUT2D eigenvalue weighted by molar-refractivity contribution is 5.90. The molecule has 0 aliphatic carbocycles. The number of aryl methyl sites for hydroxylation is 1. The van der Waals surface area contributed by atoms with E-state index in [1.165, 1.54) is 16.7 Å². The number of morpholine rings is 1. The van der Waals surface area contributed by atoms with Gasteiger partial charge in [0, 0.05) is 80.5 Å². The Labute approximate surface area is 252 Å². The number of amides is 2. The molecule has 2 N–H and O–H groups in total. The van der Waals surface area contributed by atoms with Crippen LogP contribution in [0.2, 0.25) is 0 Å². The number of fused-ring (bicyclic) bond motifs is 1. The average molecular weight is 578 g/mol. The third-order valence-electron chi connectivity index (χ3n) is 8.85. The number of pyridine rings is 1. The lowest BCUT2D eigenvalue weighted by Crippen LogP contribution is -2.35. The molecule has 7 rings (SSSR count). The van der Waals surface area contributed by atoms with E-state index in [9.17, 15) is 4.79 Å². The van der Waals surface area contributed by atoms with Gasteiger partial charge in [0.1, 0.15) is 11.5 Å². The molecule has 9 nitrogen and oxygen atoms in total. The quantitative estimate of drug-likeness (QED) is 0.289. The zero-order chi connectivity index (χ0) is 29.2. The van der Waals surface area contributed by atoms with Crippen LogP contribution < -0.4 is 10.6 Å². The summed E-state index contributed by atoms with van der Waals surface area (Å²) in [5, 5.41) is 11.7. The topological polar surface area (TPSA) is 87.5 Å². The van der Waals surface area contributed by atoms with Gasteiger partial charge in [-0.3, -0.25) is 9.58 Å². The molecule has 2 aromatic carbocycles. The Bertz CT molecular complexity index is 1570. The summed E-state index contributed by atoms with van der Waals surface area (Å²) in [5.41, 5.74) is 8.82. The summed E-state index contributed by atoms with van der Waals surface area (Å²) in [4.78, 5) is 21.6. The molecule has 2 fully saturated rings. The molecular weight excluding hydrogens is 538 g/mol. The van der Waals surface area contributed by atoms with Crippen LogP contribution in [-0.4, -0.2) is 70.0 Å². The molecule has 0 spiro atoms. The van der Waals surface area contributed by atoms with E-state index in [-0.39, 0.29) is 12.1 Å². The molecule has 3 aliphatic heterocycles. The molecule has 1 unspecified atom stereocenters.